The maximum absolute atomic E-state index is 11.3. The summed E-state index contributed by atoms with van der Waals surface area (Å²) in [7, 11) is 0. The number of nitrogen functional groups attached to an aromatic ring is 1. The van der Waals surface area contributed by atoms with Crippen LogP contribution in [0.5, 0.6) is 0 Å². The van der Waals surface area contributed by atoms with Crippen LogP contribution in [0.2, 0.25) is 0 Å². The van der Waals surface area contributed by atoms with E-state index in [1.54, 1.807) is 18.2 Å². The van der Waals surface area contributed by atoms with E-state index in [2.05, 4.69) is 5.32 Å². The molecule has 0 atom stereocenters. The van der Waals surface area contributed by atoms with Gasteiger partial charge in [0, 0.05) is 31.6 Å². The summed E-state index contributed by atoms with van der Waals surface area (Å²) in [5.41, 5.74) is 12.9. The molecule has 0 spiro atoms. The van der Waals surface area contributed by atoms with Gasteiger partial charge in [0.1, 0.15) is 0 Å². The van der Waals surface area contributed by atoms with Crippen molar-refractivity contribution in [3.8, 4) is 0 Å². The van der Waals surface area contributed by atoms with Crippen LogP contribution in [0.15, 0.2) is 18.2 Å². The first-order valence-corrected chi connectivity index (χ1v) is 5.79. The Morgan fingerprint density at radius 3 is 2.83 bits per heavy atom. The molecule has 1 aliphatic rings. The van der Waals surface area contributed by atoms with Crippen molar-refractivity contribution in [2.24, 2.45) is 5.73 Å². The zero-order valence-corrected chi connectivity index (χ0v) is 9.98. The van der Waals surface area contributed by atoms with Gasteiger partial charge >= 0.3 is 0 Å². The lowest BCUT2D eigenvalue weighted by Crippen LogP contribution is -2.29. The van der Waals surface area contributed by atoms with Crippen molar-refractivity contribution in [2.75, 3.05) is 30.3 Å². The van der Waals surface area contributed by atoms with E-state index in [1.165, 1.54) is 0 Å². The van der Waals surface area contributed by atoms with Crippen molar-refractivity contribution in [3.63, 3.8) is 0 Å². The Morgan fingerprint density at radius 2 is 2.11 bits per heavy atom. The van der Waals surface area contributed by atoms with Crippen molar-refractivity contribution >= 4 is 23.2 Å². The first-order chi connectivity index (χ1) is 8.58. The number of hydrogen-bond acceptors (Lipinski definition) is 4. The summed E-state index contributed by atoms with van der Waals surface area (Å²) in [5, 5.41) is 2.79. The molecular weight excluding hydrogens is 232 g/mol. The number of nitrogens with one attached hydrogen (secondary N) is 1. The maximum atomic E-state index is 11.3. The van der Waals surface area contributed by atoms with Crippen molar-refractivity contribution in [1.29, 1.82) is 0 Å². The predicted molar refractivity (Wildman–Crippen MR) is 69.2 cm³/mol. The van der Waals surface area contributed by atoms with Gasteiger partial charge in [-0.25, -0.2) is 0 Å². The number of carbonyl (C=O) groups excluding carboxylic acids is 2. The fourth-order valence-electron chi connectivity index (χ4n) is 1.98. The molecule has 1 aromatic carbocycles. The summed E-state index contributed by atoms with van der Waals surface area (Å²) in [4.78, 5) is 24.4. The molecule has 0 aliphatic carbocycles. The lowest BCUT2D eigenvalue weighted by molar-refractivity contribution is -0.120. The van der Waals surface area contributed by atoms with Crippen LogP contribution in [-0.4, -0.2) is 31.4 Å². The molecule has 1 aromatic rings. The Labute approximate surface area is 105 Å². The van der Waals surface area contributed by atoms with E-state index in [-0.39, 0.29) is 5.91 Å². The molecule has 2 amide bonds. The molecule has 0 saturated carbocycles. The maximum Gasteiger partial charge on any atom is 0.248 e. The average molecular weight is 248 g/mol. The van der Waals surface area contributed by atoms with E-state index in [0.29, 0.717) is 37.3 Å². The molecule has 0 radical (unpaired) electrons. The van der Waals surface area contributed by atoms with Gasteiger partial charge in [0.05, 0.1) is 11.4 Å². The van der Waals surface area contributed by atoms with E-state index in [4.69, 9.17) is 11.5 Å². The van der Waals surface area contributed by atoms with Crippen molar-refractivity contribution < 1.29 is 9.59 Å². The second-order valence-electron chi connectivity index (χ2n) is 4.22. The van der Waals surface area contributed by atoms with Crippen LogP contribution < -0.4 is 21.7 Å². The number of nitrogens with zero attached hydrogens (tertiary/aromatic N) is 1. The fraction of sp³-hybridized carbons (Fsp3) is 0.333. The minimum Gasteiger partial charge on any atom is -0.397 e. The highest BCUT2D eigenvalue weighted by molar-refractivity contribution is 5.95. The predicted octanol–water partition coefficient (Wildman–Crippen LogP) is -0.306. The number of anilines is 2. The molecule has 0 aromatic heterocycles. The largest absolute Gasteiger partial charge is 0.397 e. The number of rotatable bonds is 2. The molecule has 1 aliphatic heterocycles. The fourth-order valence-corrected chi connectivity index (χ4v) is 1.98. The summed E-state index contributed by atoms with van der Waals surface area (Å²) in [6.45, 7) is 1.81. The molecule has 1 saturated heterocycles. The Kier molecular flexibility index (Phi) is 3.36. The van der Waals surface area contributed by atoms with E-state index >= 15 is 0 Å². The zero-order chi connectivity index (χ0) is 13.1. The van der Waals surface area contributed by atoms with Crippen LogP contribution in [0, 0.1) is 0 Å². The highest BCUT2D eigenvalue weighted by Gasteiger charge is 2.16. The molecule has 5 N–H and O–H groups in total. The molecule has 0 bridgehead atoms. The molecule has 18 heavy (non-hydrogen) atoms. The third-order valence-corrected chi connectivity index (χ3v) is 2.97. The minimum absolute atomic E-state index is 0.0297. The molecule has 96 valence electrons. The second kappa shape index (κ2) is 4.95. The van der Waals surface area contributed by atoms with Gasteiger partial charge in [0.2, 0.25) is 11.8 Å². The Balaban J connectivity index is 2.28. The van der Waals surface area contributed by atoms with Gasteiger partial charge in [-0.2, -0.15) is 0 Å². The smallest absolute Gasteiger partial charge is 0.248 e. The molecule has 6 nitrogen and oxygen atoms in total. The van der Waals surface area contributed by atoms with Crippen LogP contribution in [0.4, 0.5) is 11.4 Å². The quantitative estimate of drug-likeness (QED) is 0.625. The average Bonchev–Trinajstić information content (AvgIpc) is 2.54. The van der Waals surface area contributed by atoms with E-state index in [1.807, 2.05) is 4.90 Å². The Morgan fingerprint density at radius 1 is 1.33 bits per heavy atom. The van der Waals surface area contributed by atoms with E-state index < -0.39 is 5.91 Å². The zero-order valence-electron chi connectivity index (χ0n) is 9.98. The Bertz CT molecular complexity index is 487. The summed E-state index contributed by atoms with van der Waals surface area (Å²) in [6.07, 6.45) is 0.417. The molecule has 2 rings (SSSR count). The summed E-state index contributed by atoms with van der Waals surface area (Å²) < 4.78 is 0. The first-order valence-electron chi connectivity index (χ1n) is 5.79. The first kappa shape index (κ1) is 12.2. The van der Waals surface area contributed by atoms with Gasteiger partial charge < -0.3 is 21.7 Å². The number of hydrogen-bond donors (Lipinski definition) is 3. The highest BCUT2D eigenvalue weighted by Crippen LogP contribution is 2.25. The summed E-state index contributed by atoms with van der Waals surface area (Å²) in [5.74, 6) is -0.456. The Hall–Kier alpha value is -2.24. The van der Waals surface area contributed by atoms with Crippen LogP contribution in [-0.2, 0) is 4.79 Å². The number of benzene rings is 1. The summed E-state index contributed by atoms with van der Waals surface area (Å²) in [6, 6.07) is 4.94. The van der Waals surface area contributed by atoms with Crippen molar-refractivity contribution in [2.45, 2.75) is 6.42 Å². The molecule has 1 fully saturated rings. The molecular formula is C12H16N4O2. The summed E-state index contributed by atoms with van der Waals surface area (Å²) >= 11 is 0. The van der Waals surface area contributed by atoms with Gasteiger partial charge in [0.25, 0.3) is 0 Å². The number of primary amides is 1. The number of nitrogens with two attached hydrogens (primary N) is 2. The normalized spacial score (nSPS) is 16.0. The van der Waals surface area contributed by atoms with Crippen molar-refractivity contribution in [3.05, 3.63) is 23.8 Å². The van der Waals surface area contributed by atoms with Crippen molar-refractivity contribution in [1.82, 2.24) is 5.32 Å². The second-order valence-corrected chi connectivity index (χ2v) is 4.22. The molecule has 6 heteroatoms. The monoisotopic (exact) mass is 248 g/mol. The lowest BCUT2D eigenvalue weighted by atomic mass is 10.1. The van der Waals surface area contributed by atoms with Gasteiger partial charge in [-0.15, -0.1) is 0 Å². The topological polar surface area (TPSA) is 101 Å². The third kappa shape index (κ3) is 2.53. The number of carbonyl (C=O) groups is 2. The van der Waals surface area contributed by atoms with Crippen LogP contribution in [0.1, 0.15) is 16.8 Å². The highest BCUT2D eigenvalue weighted by atomic mass is 16.2. The van der Waals surface area contributed by atoms with Crippen LogP contribution >= 0.6 is 0 Å². The van der Waals surface area contributed by atoms with Gasteiger partial charge in [-0.05, 0) is 18.2 Å². The minimum atomic E-state index is -0.486. The SMILES string of the molecule is NC(=O)c1ccc(N)c(N2CCNC(=O)CC2)c1. The molecule has 1 heterocycles. The lowest BCUT2D eigenvalue weighted by Gasteiger charge is -2.23. The number of amides is 2. The third-order valence-electron chi connectivity index (χ3n) is 2.97. The van der Waals surface area contributed by atoms with Crippen LogP contribution in [0.3, 0.4) is 0 Å². The van der Waals surface area contributed by atoms with E-state index in [0.717, 1.165) is 5.69 Å². The van der Waals surface area contributed by atoms with Gasteiger partial charge in [-0.3, -0.25) is 9.59 Å². The van der Waals surface area contributed by atoms with Gasteiger partial charge in [-0.1, -0.05) is 0 Å². The van der Waals surface area contributed by atoms with E-state index in [9.17, 15) is 9.59 Å². The van der Waals surface area contributed by atoms with Crippen LogP contribution in [0.25, 0.3) is 0 Å². The standard InChI is InChI=1S/C12H16N4O2/c13-9-2-1-8(12(14)18)7-10(9)16-5-3-11(17)15-4-6-16/h1-2,7H,3-6,13H2,(H2,14,18)(H,15,17). The molecule has 0 unspecified atom stereocenters. The van der Waals surface area contributed by atoms with Gasteiger partial charge in [0.15, 0.2) is 0 Å².